The Morgan fingerprint density at radius 2 is 1.14 bits per heavy atom. The second kappa shape index (κ2) is 11.4. The summed E-state index contributed by atoms with van der Waals surface area (Å²) in [6.07, 6.45) is 2.49. The van der Waals surface area contributed by atoms with Gasteiger partial charge in [0, 0.05) is 26.2 Å². The molecule has 21 heavy (non-hydrogen) atoms. The van der Waals surface area contributed by atoms with Crippen LogP contribution in [0.15, 0.2) is 0 Å². The number of ether oxygens (including phenoxy) is 1. The molecule has 0 amide bonds. The maximum atomic E-state index is 5.77. The third-order valence-corrected chi connectivity index (χ3v) is 4.00. The Balaban J connectivity index is 2.27. The van der Waals surface area contributed by atoms with Gasteiger partial charge in [0.25, 0.3) is 0 Å². The molecule has 0 radical (unpaired) electrons. The molecule has 0 N–H and O–H groups in total. The van der Waals surface area contributed by atoms with Gasteiger partial charge in [0.1, 0.15) is 0 Å². The molecule has 1 aliphatic heterocycles. The Morgan fingerprint density at radius 1 is 0.714 bits per heavy atom. The summed E-state index contributed by atoms with van der Waals surface area (Å²) in [5.41, 5.74) is 0. The molecule has 0 aliphatic carbocycles. The Morgan fingerprint density at radius 3 is 1.52 bits per heavy atom. The summed E-state index contributed by atoms with van der Waals surface area (Å²) in [5.74, 6) is 0. The number of hydrogen-bond acceptors (Lipinski definition) is 5. The van der Waals surface area contributed by atoms with E-state index in [1.54, 1.807) is 0 Å². The van der Waals surface area contributed by atoms with Gasteiger partial charge in [-0.2, -0.15) is 0 Å². The molecule has 0 atom stereocenters. The molecule has 1 heterocycles. The van der Waals surface area contributed by atoms with Crippen molar-refractivity contribution in [2.75, 3.05) is 93.8 Å². The first-order valence-corrected chi connectivity index (χ1v) is 8.40. The predicted molar refractivity (Wildman–Crippen MR) is 90.0 cm³/mol. The van der Waals surface area contributed by atoms with Gasteiger partial charge in [-0.25, -0.2) is 0 Å². The van der Waals surface area contributed by atoms with Gasteiger partial charge < -0.3 is 14.5 Å². The molecule has 1 rings (SSSR count). The number of nitrogens with zero attached hydrogens (tertiary/aromatic N) is 4. The maximum Gasteiger partial charge on any atom is 0.0594 e. The Bertz CT molecular complexity index is 224. The van der Waals surface area contributed by atoms with Crippen molar-refractivity contribution in [2.45, 2.75) is 12.8 Å². The van der Waals surface area contributed by atoms with Crippen molar-refractivity contribution in [3.8, 4) is 0 Å². The Kier molecular flexibility index (Phi) is 10.2. The number of hydrogen-bond donors (Lipinski definition) is 0. The van der Waals surface area contributed by atoms with Crippen LogP contribution in [0.25, 0.3) is 0 Å². The van der Waals surface area contributed by atoms with Crippen LogP contribution in [0.4, 0.5) is 0 Å². The minimum Gasteiger partial charge on any atom is -0.379 e. The summed E-state index contributed by atoms with van der Waals surface area (Å²) < 4.78 is 5.77. The molecule has 0 unspecified atom stereocenters. The first kappa shape index (κ1) is 18.8. The summed E-state index contributed by atoms with van der Waals surface area (Å²) in [7, 11) is 8.59. The molecular weight excluding hydrogens is 264 g/mol. The van der Waals surface area contributed by atoms with Crippen molar-refractivity contribution in [3.63, 3.8) is 0 Å². The zero-order chi connectivity index (χ0) is 15.5. The van der Waals surface area contributed by atoms with Crippen molar-refractivity contribution >= 4 is 0 Å². The Labute approximate surface area is 131 Å². The Hall–Kier alpha value is -0.200. The predicted octanol–water partition coefficient (Wildman–Crippen LogP) is 0.524. The zero-order valence-corrected chi connectivity index (χ0v) is 14.7. The highest BCUT2D eigenvalue weighted by atomic mass is 16.5. The molecule has 5 heteroatoms. The third-order valence-electron chi connectivity index (χ3n) is 4.00. The second-order valence-electron chi connectivity index (χ2n) is 6.61. The fourth-order valence-corrected chi connectivity index (χ4v) is 2.66. The smallest absolute Gasteiger partial charge is 0.0594 e. The second-order valence-corrected chi connectivity index (χ2v) is 6.61. The summed E-state index contributed by atoms with van der Waals surface area (Å²) in [5, 5.41) is 0. The molecule has 0 aromatic rings. The van der Waals surface area contributed by atoms with Gasteiger partial charge in [-0.3, -0.25) is 9.80 Å². The van der Waals surface area contributed by atoms with Crippen LogP contribution in [-0.2, 0) is 4.74 Å². The van der Waals surface area contributed by atoms with Crippen LogP contribution in [0, 0.1) is 0 Å². The molecule has 0 saturated carbocycles. The minimum atomic E-state index is 0.882. The molecule has 1 aliphatic rings. The van der Waals surface area contributed by atoms with E-state index in [2.05, 4.69) is 47.8 Å². The van der Waals surface area contributed by atoms with Gasteiger partial charge >= 0.3 is 0 Å². The van der Waals surface area contributed by atoms with E-state index in [1.165, 1.54) is 52.1 Å². The molecule has 126 valence electrons. The van der Waals surface area contributed by atoms with Crippen LogP contribution in [-0.4, -0.2) is 113 Å². The van der Waals surface area contributed by atoms with E-state index in [1.807, 2.05) is 0 Å². The van der Waals surface area contributed by atoms with E-state index in [9.17, 15) is 0 Å². The van der Waals surface area contributed by atoms with Crippen molar-refractivity contribution in [2.24, 2.45) is 0 Å². The highest BCUT2D eigenvalue weighted by Gasteiger charge is 2.12. The molecule has 0 aromatic carbocycles. The lowest BCUT2D eigenvalue weighted by molar-refractivity contribution is 0.104. The normalized spacial score (nSPS) is 19.7. The van der Waals surface area contributed by atoms with E-state index in [-0.39, 0.29) is 0 Å². The summed E-state index contributed by atoms with van der Waals surface area (Å²) in [6, 6.07) is 0. The van der Waals surface area contributed by atoms with Crippen molar-refractivity contribution in [1.29, 1.82) is 0 Å². The van der Waals surface area contributed by atoms with Gasteiger partial charge in [-0.15, -0.1) is 0 Å². The molecule has 1 fully saturated rings. The van der Waals surface area contributed by atoms with Crippen LogP contribution < -0.4 is 0 Å². The fraction of sp³-hybridized carbons (Fsp3) is 1.00. The van der Waals surface area contributed by atoms with E-state index in [0.717, 1.165) is 26.3 Å². The lowest BCUT2D eigenvalue weighted by Crippen LogP contribution is -2.38. The minimum absolute atomic E-state index is 0.882. The van der Waals surface area contributed by atoms with Crippen molar-refractivity contribution < 1.29 is 4.74 Å². The van der Waals surface area contributed by atoms with Crippen LogP contribution in [0.1, 0.15) is 12.8 Å². The maximum absolute atomic E-state index is 5.77. The van der Waals surface area contributed by atoms with Crippen LogP contribution >= 0.6 is 0 Å². The van der Waals surface area contributed by atoms with E-state index >= 15 is 0 Å². The SMILES string of the molecule is CN(C)CCCN1CCOCCN(CCCN(C)C)CC1. The van der Waals surface area contributed by atoms with Crippen LogP contribution in [0.3, 0.4) is 0 Å². The lowest BCUT2D eigenvalue weighted by Gasteiger charge is -2.26. The topological polar surface area (TPSA) is 22.2 Å². The lowest BCUT2D eigenvalue weighted by atomic mass is 10.3. The molecule has 1 saturated heterocycles. The molecule has 0 aromatic heterocycles. The van der Waals surface area contributed by atoms with Gasteiger partial charge in [-0.05, 0) is 67.2 Å². The van der Waals surface area contributed by atoms with E-state index in [4.69, 9.17) is 4.74 Å². The third kappa shape index (κ3) is 10.2. The summed E-state index contributed by atoms with van der Waals surface area (Å²) >= 11 is 0. The zero-order valence-electron chi connectivity index (χ0n) is 14.7. The van der Waals surface area contributed by atoms with Crippen LogP contribution in [0.5, 0.6) is 0 Å². The molecule has 5 nitrogen and oxygen atoms in total. The van der Waals surface area contributed by atoms with Gasteiger partial charge in [0.15, 0.2) is 0 Å². The summed E-state index contributed by atoms with van der Waals surface area (Å²) in [6.45, 7) is 11.0. The van der Waals surface area contributed by atoms with E-state index in [0.29, 0.717) is 0 Å². The fourth-order valence-electron chi connectivity index (χ4n) is 2.66. The molecular formula is C16H36N4O. The quantitative estimate of drug-likeness (QED) is 0.650. The van der Waals surface area contributed by atoms with Crippen molar-refractivity contribution in [1.82, 2.24) is 19.6 Å². The summed E-state index contributed by atoms with van der Waals surface area (Å²) in [4.78, 5) is 9.65. The van der Waals surface area contributed by atoms with Gasteiger partial charge in [0.05, 0.1) is 13.2 Å². The monoisotopic (exact) mass is 300 g/mol. The van der Waals surface area contributed by atoms with Gasteiger partial charge in [-0.1, -0.05) is 0 Å². The number of rotatable bonds is 8. The highest BCUT2D eigenvalue weighted by Crippen LogP contribution is 2.00. The standard InChI is InChI=1S/C16H36N4O/c1-17(2)7-5-9-19-11-12-20(10-6-8-18(3)4)14-16-21-15-13-19/h5-16H2,1-4H3. The average Bonchev–Trinajstić information content (AvgIpc) is 2.51. The van der Waals surface area contributed by atoms with Gasteiger partial charge in [0.2, 0.25) is 0 Å². The molecule has 0 bridgehead atoms. The first-order valence-electron chi connectivity index (χ1n) is 8.40. The first-order chi connectivity index (χ1) is 10.1. The largest absolute Gasteiger partial charge is 0.379 e. The van der Waals surface area contributed by atoms with E-state index < -0.39 is 0 Å². The van der Waals surface area contributed by atoms with Crippen molar-refractivity contribution in [3.05, 3.63) is 0 Å². The molecule has 0 spiro atoms. The van der Waals surface area contributed by atoms with Crippen LogP contribution in [0.2, 0.25) is 0 Å². The highest BCUT2D eigenvalue weighted by molar-refractivity contribution is 4.67. The average molecular weight is 300 g/mol.